The zero-order valence-corrected chi connectivity index (χ0v) is 15.4. The maximum Gasteiger partial charge on any atom is 0.241 e. The van der Waals surface area contributed by atoms with Gasteiger partial charge in [0.05, 0.1) is 16.0 Å². The predicted molar refractivity (Wildman–Crippen MR) is 99.5 cm³/mol. The third-order valence-electron chi connectivity index (χ3n) is 3.54. The summed E-state index contributed by atoms with van der Waals surface area (Å²) in [6, 6.07) is 7.35. The van der Waals surface area contributed by atoms with E-state index in [0.29, 0.717) is 10.7 Å². The van der Waals surface area contributed by atoms with Gasteiger partial charge in [-0.3, -0.25) is 9.78 Å². The van der Waals surface area contributed by atoms with Crippen molar-refractivity contribution in [1.82, 2.24) is 9.97 Å². The van der Waals surface area contributed by atoms with E-state index in [1.165, 1.54) is 17.5 Å². The quantitative estimate of drug-likeness (QED) is 0.741. The summed E-state index contributed by atoms with van der Waals surface area (Å²) < 4.78 is 25.3. The van der Waals surface area contributed by atoms with Gasteiger partial charge in [-0.1, -0.05) is 23.5 Å². The van der Waals surface area contributed by atoms with E-state index in [0.717, 1.165) is 21.3 Å². The lowest BCUT2D eigenvalue weighted by atomic mass is 10.1. The van der Waals surface area contributed by atoms with E-state index < -0.39 is 21.5 Å². The van der Waals surface area contributed by atoms with Crippen molar-refractivity contribution in [3.63, 3.8) is 0 Å². The molecule has 1 amide bonds. The lowest BCUT2D eigenvalue weighted by molar-refractivity contribution is -0.113. The predicted octanol–water partition coefficient (Wildman–Crippen LogP) is 2.86. The average molecular weight is 375 g/mol. The normalized spacial score (nSPS) is 11.6. The van der Waals surface area contributed by atoms with Gasteiger partial charge in [-0.15, -0.1) is 0 Å². The topological polar surface area (TPSA) is 89.0 Å². The van der Waals surface area contributed by atoms with Crippen LogP contribution < -0.4 is 5.32 Å². The van der Waals surface area contributed by atoms with Gasteiger partial charge < -0.3 is 5.32 Å². The average Bonchev–Trinajstić information content (AvgIpc) is 2.89. The van der Waals surface area contributed by atoms with Gasteiger partial charge in [-0.2, -0.15) is 0 Å². The molecule has 0 fully saturated rings. The fraction of sp³-hybridized carbons (Fsp3) is 0.235. The Labute approximate surface area is 149 Å². The number of rotatable bonds is 5. The van der Waals surface area contributed by atoms with Crippen LogP contribution in [0.4, 0.5) is 5.13 Å². The van der Waals surface area contributed by atoms with E-state index >= 15 is 0 Å². The lowest BCUT2D eigenvalue weighted by Gasteiger charge is -2.04. The first-order valence-electron chi connectivity index (χ1n) is 7.59. The molecule has 130 valence electrons. The van der Waals surface area contributed by atoms with Crippen LogP contribution in [0, 0.1) is 13.8 Å². The van der Waals surface area contributed by atoms with Crippen LogP contribution in [0.15, 0.2) is 36.7 Å². The standard InChI is InChI=1S/C17H17N3O3S2/c1-11-6-12(2)16-14(7-11)24-17(20-16)19-15(21)10-25(22,23)9-13-4-3-5-18-8-13/h3-8H,9-10H2,1-2H3,(H,19,20,21). The number of benzene rings is 1. The van der Waals surface area contributed by atoms with E-state index in [4.69, 9.17) is 0 Å². The number of aryl methyl sites for hydroxylation is 2. The van der Waals surface area contributed by atoms with Gasteiger partial charge >= 0.3 is 0 Å². The number of nitrogens with one attached hydrogen (secondary N) is 1. The summed E-state index contributed by atoms with van der Waals surface area (Å²) in [4.78, 5) is 20.4. The molecule has 0 bridgehead atoms. The first-order chi connectivity index (χ1) is 11.8. The number of thiazole rings is 1. The fourth-order valence-electron chi connectivity index (χ4n) is 2.57. The number of anilines is 1. The van der Waals surface area contributed by atoms with Crippen LogP contribution in [0.2, 0.25) is 0 Å². The van der Waals surface area contributed by atoms with Gasteiger partial charge in [0.1, 0.15) is 5.75 Å². The van der Waals surface area contributed by atoms with Crippen molar-refractivity contribution < 1.29 is 13.2 Å². The van der Waals surface area contributed by atoms with Gasteiger partial charge in [-0.25, -0.2) is 13.4 Å². The number of hydrogen-bond acceptors (Lipinski definition) is 6. The number of pyridine rings is 1. The van der Waals surface area contributed by atoms with Crippen LogP contribution in [-0.4, -0.2) is 30.0 Å². The van der Waals surface area contributed by atoms with Crippen molar-refractivity contribution in [2.24, 2.45) is 0 Å². The van der Waals surface area contributed by atoms with Gasteiger partial charge in [0, 0.05) is 12.4 Å². The number of amides is 1. The molecule has 3 rings (SSSR count). The van der Waals surface area contributed by atoms with Crippen LogP contribution in [0.3, 0.4) is 0 Å². The first kappa shape index (κ1) is 17.5. The van der Waals surface area contributed by atoms with Gasteiger partial charge in [0.25, 0.3) is 0 Å². The van der Waals surface area contributed by atoms with Gasteiger partial charge in [0.15, 0.2) is 15.0 Å². The maximum absolute atomic E-state index is 12.2. The number of sulfone groups is 1. The summed E-state index contributed by atoms with van der Waals surface area (Å²) in [5, 5.41) is 3.00. The van der Waals surface area contributed by atoms with Crippen molar-refractivity contribution in [3.8, 4) is 0 Å². The minimum Gasteiger partial charge on any atom is -0.301 e. The molecule has 8 heteroatoms. The Kier molecular flexibility index (Phi) is 4.82. The van der Waals surface area contributed by atoms with Crippen molar-refractivity contribution in [1.29, 1.82) is 0 Å². The summed E-state index contributed by atoms with van der Waals surface area (Å²) in [6.07, 6.45) is 3.05. The summed E-state index contributed by atoms with van der Waals surface area (Å²) in [5.41, 5.74) is 3.52. The number of aromatic nitrogens is 2. The zero-order valence-electron chi connectivity index (χ0n) is 13.8. The van der Waals surface area contributed by atoms with E-state index in [-0.39, 0.29) is 5.75 Å². The molecule has 0 atom stereocenters. The smallest absolute Gasteiger partial charge is 0.241 e. The summed E-state index contributed by atoms with van der Waals surface area (Å²) in [7, 11) is -3.57. The molecule has 0 aliphatic carbocycles. The molecule has 1 aromatic carbocycles. The van der Waals surface area contributed by atoms with Crippen LogP contribution in [0.5, 0.6) is 0 Å². The second-order valence-corrected chi connectivity index (χ2v) is 8.98. The fourth-order valence-corrected chi connectivity index (χ4v) is 4.88. The highest BCUT2D eigenvalue weighted by atomic mass is 32.2. The van der Waals surface area contributed by atoms with E-state index in [2.05, 4.69) is 15.3 Å². The number of carbonyl (C=O) groups excluding carboxylic acids is 1. The molecule has 1 N–H and O–H groups in total. The van der Waals surface area contributed by atoms with Gasteiger partial charge in [0.2, 0.25) is 5.91 Å². The number of fused-ring (bicyclic) bond motifs is 1. The molecule has 0 spiro atoms. The Bertz CT molecular complexity index is 1030. The number of nitrogens with zero attached hydrogens (tertiary/aromatic N) is 2. The Balaban J connectivity index is 1.71. The van der Waals surface area contributed by atoms with E-state index in [9.17, 15) is 13.2 Å². The zero-order chi connectivity index (χ0) is 18.0. The molecule has 0 unspecified atom stereocenters. The SMILES string of the molecule is Cc1cc(C)c2nc(NC(=O)CS(=O)(=O)Cc3cccnc3)sc2c1. The van der Waals surface area contributed by atoms with Gasteiger partial charge in [-0.05, 0) is 42.7 Å². The second-order valence-electron chi connectivity index (χ2n) is 5.89. The molecule has 2 heterocycles. The highest BCUT2D eigenvalue weighted by Gasteiger charge is 2.19. The lowest BCUT2D eigenvalue weighted by Crippen LogP contribution is -2.23. The third-order valence-corrected chi connectivity index (χ3v) is 5.93. The molecule has 0 saturated heterocycles. The maximum atomic E-state index is 12.2. The van der Waals surface area contributed by atoms with Crippen LogP contribution in [0.25, 0.3) is 10.2 Å². The first-order valence-corrected chi connectivity index (χ1v) is 10.2. The highest BCUT2D eigenvalue weighted by Crippen LogP contribution is 2.29. The molecule has 0 radical (unpaired) electrons. The minimum absolute atomic E-state index is 0.216. The summed E-state index contributed by atoms with van der Waals surface area (Å²) in [6.45, 7) is 3.95. The Morgan fingerprint density at radius 1 is 1.28 bits per heavy atom. The monoisotopic (exact) mass is 375 g/mol. The summed E-state index contributed by atoms with van der Waals surface area (Å²) >= 11 is 1.34. The molecule has 0 saturated carbocycles. The van der Waals surface area contributed by atoms with Crippen molar-refractivity contribution in [2.75, 3.05) is 11.1 Å². The third kappa shape index (κ3) is 4.40. The van der Waals surface area contributed by atoms with Crippen LogP contribution in [0.1, 0.15) is 16.7 Å². The van der Waals surface area contributed by atoms with Crippen molar-refractivity contribution in [3.05, 3.63) is 53.3 Å². The van der Waals surface area contributed by atoms with Crippen molar-refractivity contribution >= 4 is 42.4 Å². The molecule has 2 aromatic heterocycles. The molecular weight excluding hydrogens is 358 g/mol. The molecule has 3 aromatic rings. The number of carbonyl (C=O) groups is 1. The molecule has 6 nitrogen and oxygen atoms in total. The Morgan fingerprint density at radius 2 is 2.08 bits per heavy atom. The molecular formula is C17H17N3O3S2. The van der Waals surface area contributed by atoms with Crippen LogP contribution >= 0.6 is 11.3 Å². The van der Waals surface area contributed by atoms with Crippen molar-refractivity contribution in [2.45, 2.75) is 19.6 Å². The minimum atomic E-state index is -3.57. The molecule has 25 heavy (non-hydrogen) atoms. The number of hydrogen-bond donors (Lipinski definition) is 1. The molecule has 0 aliphatic heterocycles. The highest BCUT2D eigenvalue weighted by molar-refractivity contribution is 7.91. The second kappa shape index (κ2) is 6.89. The largest absolute Gasteiger partial charge is 0.301 e. The summed E-state index contributed by atoms with van der Waals surface area (Å²) in [5.74, 6) is -1.39. The molecule has 0 aliphatic rings. The Morgan fingerprint density at radius 3 is 2.80 bits per heavy atom. The Hall–Kier alpha value is -2.32. The van der Waals surface area contributed by atoms with Crippen LogP contribution in [-0.2, 0) is 20.4 Å². The van der Waals surface area contributed by atoms with E-state index in [1.54, 1.807) is 18.3 Å². The van der Waals surface area contributed by atoms with E-state index in [1.807, 2.05) is 26.0 Å².